The first-order chi connectivity index (χ1) is 11.4. The van der Waals surface area contributed by atoms with Gasteiger partial charge < -0.3 is 10.2 Å². The summed E-state index contributed by atoms with van der Waals surface area (Å²) in [4.78, 5) is 22.8. The minimum Gasteiger partial charge on any atom is -0.480 e. The molecule has 0 spiro atoms. The van der Waals surface area contributed by atoms with E-state index in [1.54, 1.807) is 0 Å². The quantitative estimate of drug-likeness (QED) is 0.122. The van der Waals surface area contributed by atoms with E-state index in [1.807, 2.05) is 0 Å². The van der Waals surface area contributed by atoms with Gasteiger partial charge in [0.15, 0.2) is 5.41 Å². The van der Waals surface area contributed by atoms with E-state index in [0.717, 1.165) is 23.7 Å². The van der Waals surface area contributed by atoms with Crippen LogP contribution in [0.4, 0.5) is 22.0 Å². The zero-order valence-electron chi connectivity index (χ0n) is 13.5. The van der Waals surface area contributed by atoms with Crippen molar-refractivity contribution in [3.8, 4) is 0 Å². The van der Waals surface area contributed by atoms with Crippen LogP contribution >= 0.6 is 22.6 Å². The lowest BCUT2D eigenvalue weighted by atomic mass is 9.77. The van der Waals surface area contributed by atoms with Gasteiger partial charge in [-0.05, 0) is 30.1 Å². The smallest absolute Gasteiger partial charge is 0.453 e. The van der Waals surface area contributed by atoms with Crippen molar-refractivity contribution in [3.05, 3.63) is 0 Å². The Morgan fingerprint density at radius 3 is 1.60 bits per heavy atom. The van der Waals surface area contributed by atoms with Gasteiger partial charge in [0.2, 0.25) is 0 Å². The summed E-state index contributed by atoms with van der Waals surface area (Å²) in [5, 5.41) is 18.5. The zero-order chi connectivity index (χ0) is 19.7. The molecule has 4 nitrogen and oxygen atoms in total. The third-order valence-corrected chi connectivity index (χ3v) is 4.83. The van der Waals surface area contributed by atoms with Crippen molar-refractivity contribution in [3.63, 3.8) is 0 Å². The molecule has 0 aliphatic carbocycles. The molecule has 25 heavy (non-hydrogen) atoms. The Morgan fingerprint density at radius 1 is 0.720 bits per heavy atom. The Morgan fingerprint density at radius 2 is 1.16 bits per heavy atom. The molecule has 10 heteroatoms. The monoisotopic (exact) mass is 488 g/mol. The molecule has 2 N–H and O–H groups in total. The Bertz CT molecular complexity index is 426. The van der Waals surface area contributed by atoms with Crippen molar-refractivity contribution in [2.45, 2.75) is 69.9 Å². The van der Waals surface area contributed by atoms with Gasteiger partial charge >= 0.3 is 24.0 Å². The van der Waals surface area contributed by atoms with Gasteiger partial charge in [0, 0.05) is 6.42 Å². The van der Waals surface area contributed by atoms with Crippen molar-refractivity contribution in [2.24, 2.45) is 5.41 Å². The second kappa shape index (κ2) is 10.5. The molecular formula is C15H22F5IO4. The maximum absolute atomic E-state index is 12.9. The van der Waals surface area contributed by atoms with Gasteiger partial charge in [-0.15, -0.1) is 0 Å². The summed E-state index contributed by atoms with van der Waals surface area (Å²) in [5.41, 5.74) is -2.33. The van der Waals surface area contributed by atoms with Crippen LogP contribution in [-0.4, -0.2) is 38.7 Å². The van der Waals surface area contributed by atoms with E-state index in [0.29, 0.717) is 6.42 Å². The van der Waals surface area contributed by atoms with Crippen LogP contribution in [0, 0.1) is 5.41 Å². The number of hydrogen-bond acceptors (Lipinski definition) is 2. The van der Waals surface area contributed by atoms with Crippen LogP contribution in [0.5, 0.6) is 0 Å². The fourth-order valence-electron chi connectivity index (χ4n) is 2.45. The highest BCUT2D eigenvalue weighted by Gasteiger charge is 2.57. The first kappa shape index (κ1) is 24.3. The summed E-state index contributed by atoms with van der Waals surface area (Å²) >= 11 is 2.21. The molecule has 0 amide bonds. The molecule has 0 saturated carbocycles. The minimum atomic E-state index is -5.74. The summed E-state index contributed by atoms with van der Waals surface area (Å²) in [6, 6.07) is 0. The van der Waals surface area contributed by atoms with Gasteiger partial charge in [-0.3, -0.25) is 9.59 Å². The van der Waals surface area contributed by atoms with E-state index in [9.17, 15) is 41.8 Å². The predicted octanol–water partition coefficient (Wildman–Crippen LogP) is 5.29. The second-order valence-corrected chi connectivity index (χ2v) is 7.03. The first-order valence-electron chi connectivity index (χ1n) is 7.88. The molecule has 0 unspecified atom stereocenters. The molecule has 0 fully saturated rings. The lowest BCUT2D eigenvalue weighted by Gasteiger charge is -2.26. The van der Waals surface area contributed by atoms with Gasteiger partial charge in [-0.25, -0.2) is 0 Å². The topological polar surface area (TPSA) is 74.6 Å². The van der Waals surface area contributed by atoms with Crippen molar-refractivity contribution in [1.82, 2.24) is 0 Å². The molecule has 0 atom stereocenters. The number of hydrogen-bond donors (Lipinski definition) is 2. The van der Waals surface area contributed by atoms with E-state index in [2.05, 4.69) is 22.6 Å². The molecule has 0 aromatic carbocycles. The fourth-order valence-corrected chi connectivity index (χ4v) is 2.99. The number of rotatable bonds is 13. The van der Waals surface area contributed by atoms with Crippen LogP contribution in [0.25, 0.3) is 0 Å². The Hall–Kier alpha value is -0.680. The summed E-state index contributed by atoms with van der Waals surface area (Å²) in [6.07, 6.45) is -5.76. The predicted molar refractivity (Wildman–Crippen MR) is 89.1 cm³/mol. The molecule has 0 rings (SSSR count). The molecule has 0 radical (unpaired) electrons. The van der Waals surface area contributed by atoms with E-state index >= 15 is 0 Å². The Labute approximate surface area is 156 Å². The SMILES string of the molecule is O=C(O)C(CCCCCCCI)(CCCC(F)(F)C(F)(F)F)C(=O)O. The second-order valence-electron chi connectivity index (χ2n) is 5.95. The lowest BCUT2D eigenvalue weighted by Crippen LogP contribution is -2.41. The molecule has 0 bridgehead atoms. The highest BCUT2D eigenvalue weighted by molar-refractivity contribution is 14.1. The van der Waals surface area contributed by atoms with Gasteiger partial charge in [-0.1, -0.05) is 48.3 Å². The lowest BCUT2D eigenvalue weighted by molar-refractivity contribution is -0.284. The number of unbranched alkanes of at least 4 members (excludes halogenated alkanes) is 4. The van der Waals surface area contributed by atoms with Crippen LogP contribution in [-0.2, 0) is 9.59 Å². The van der Waals surface area contributed by atoms with Crippen molar-refractivity contribution < 1.29 is 41.8 Å². The van der Waals surface area contributed by atoms with Crippen molar-refractivity contribution in [2.75, 3.05) is 4.43 Å². The molecule has 0 saturated heterocycles. The zero-order valence-corrected chi connectivity index (χ0v) is 15.7. The van der Waals surface area contributed by atoms with E-state index in [4.69, 9.17) is 0 Å². The van der Waals surface area contributed by atoms with E-state index < -0.39 is 48.7 Å². The molecule has 148 valence electrons. The van der Waals surface area contributed by atoms with E-state index in [-0.39, 0.29) is 12.8 Å². The van der Waals surface area contributed by atoms with Crippen molar-refractivity contribution >= 4 is 34.5 Å². The third-order valence-electron chi connectivity index (χ3n) is 4.06. The van der Waals surface area contributed by atoms with Crippen LogP contribution in [0.2, 0.25) is 0 Å². The molecule has 0 aromatic rings. The Kier molecular flexibility index (Phi) is 10.2. The van der Waals surface area contributed by atoms with Crippen LogP contribution in [0.3, 0.4) is 0 Å². The minimum absolute atomic E-state index is 0.259. The maximum atomic E-state index is 12.9. The first-order valence-corrected chi connectivity index (χ1v) is 9.40. The highest BCUT2D eigenvalue weighted by Crippen LogP contribution is 2.41. The van der Waals surface area contributed by atoms with Gasteiger partial charge in [0.1, 0.15) is 0 Å². The average molecular weight is 488 g/mol. The van der Waals surface area contributed by atoms with Crippen LogP contribution in [0.15, 0.2) is 0 Å². The number of alkyl halides is 6. The number of carboxylic acids is 2. The number of carbonyl (C=O) groups is 2. The summed E-state index contributed by atoms with van der Waals surface area (Å²) in [5.74, 6) is -8.37. The fraction of sp³-hybridized carbons (Fsp3) is 0.867. The largest absolute Gasteiger partial charge is 0.480 e. The number of halogens is 6. The Balaban J connectivity index is 4.78. The third kappa shape index (κ3) is 7.61. The molecule has 0 aliphatic heterocycles. The van der Waals surface area contributed by atoms with Gasteiger partial charge in [0.05, 0.1) is 0 Å². The number of carboxylic acid groups (broad SMARTS) is 2. The molecular weight excluding hydrogens is 466 g/mol. The normalized spacial score (nSPS) is 13.0. The molecule has 0 heterocycles. The van der Waals surface area contributed by atoms with Crippen LogP contribution < -0.4 is 0 Å². The molecule has 0 aliphatic rings. The van der Waals surface area contributed by atoms with Gasteiger partial charge in [-0.2, -0.15) is 22.0 Å². The van der Waals surface area contributed by atoms with Gasteiger partial charge in [0.25, 0.3) is 0 Å². The summed E-state index contributed by atoms with van der Waals surface area (Å²) in [7, 11) is 0. The number of aliphatic carboxylic acids is 2. The maximum Gasteiger partial charge on any atom is 0.453 e. The highest BCUT2D eigenvalue weighted by atomic mass is 127. The standard InChI is InChI=1S/C15H22F5IO4/c16-14(17,15(18,19)20)9-6-8-13(11(22)23,12(24)25)7-4-2-1-3-5-10-21/h1-10H2,(H,22,23)(H,24,25). The molecule has 0 aromatic heterocycles. The summed E-state index contributed by atoms with van der Waals surface area (Å²) in [6.45, 7) is 0. The van der Waals surface area contributed by atoms with Crippen molar-refractivity contribution in [1.29, 1.82) is 0 Å². The van der Waals surface area contributed by atoms with Crippen LogP contribution in [0.1, 0.15) is 57.8 Å². The summed E-state index contributed by atoms with van der Waals surface area (Å²) < 4.78 is 63.2. The van der Waals surface area contributed by atoms with E-state index in [1.165, 1.54) is 0 Å². The average Bonchev–Trinajstić information content (AvgIpc) is 2.46.